The van der Waals surface area contributed by atoms with Crippen molar-refractivity contribution >= 4 is 5.78 Å². The zero-order valence-electron chi connectivity index (χ0n) is 7.48. The van der Waals surface area contributed by atoms with Gasteiger partial charge >= 0.3 is 0 Å². The maximum atomic E-state index is 11.1. The van der Waals surface area contributed by atoms with Crippen LogP contribution in [0.5, 0.6) is 0 Å². The molecule has 0 aliphatic heterocycles. The Labute approximate surface area is 72.2 Å². The number of hydrogen-bond acceptors (Lipinski definition) is 4. The van der Waals surface area contributed by atoms with Gasteiger partial charge in [0.2, 0.25) is 0 Å². The molecule has 0 radical (unpaired) electrons. The molecule has 0 spiro atoms. The van der Waals surface area contributed by atoms with Crippen LogP contribution in [-0.4, -0.2) is 11.3 Å². The van der Waals surface area contributed by atoms with Crippen molar-refractivity contribution in [2.75, 3.05) is 0 Å². The molecule has 0 aromatic carbocycles. The summed E-state index contributed by atoms with van der Waals surface area (Å²) in [6.07, 6.45) is 3.60. The number of allylic oxidation sites excluding steroid dienone is 1. The Morgan fingerprint density at radius 1 is 1.50 bits per heavy atom. The SMILES string of the molecule is CC(=O)C1(N/C=C(/C)NN)CC1. The summed E-state index contributed by atoms with van der Waals surface area (Å²) in [5.74, 6) is 5.35. The molecule has 4 heteroatoms. The Kier molecular flexibility index (Phi) is 2.38. The van der Waals surface area contributed by atoms with Crippen LogP contribution < -0.4 is 16.6 Å². The van der Waals surface area contributed by atoms with Gasteiger partial charge in [-0.1, -0.05) is 0 Å². The number of carbonyl (C=O) groups is 1. The highest BCUT2D eigenvalue weighted by atomic mass is 16.1. The van der Waals surface area contributed by atoms with Gasteiger partial charge in [0.05, 0.1) is 5.54 Å². The van der Waals surface area contributed by atoms with E-state index < -0.39 is 0 Å². The van der Waals surface area contributed by atoms with Crippen molar-refractivity contribution in [3.8, 4) is 0 Å². The Morgan fingerprint density at radius 3 is 2.42 bits per heavy atom. The van der Waals surface area contributed by atoms with Gasteiger partial charge in [0, 0.05) is 11.9 Å². The van der Waals surface area contributed by atoms with Crippen LogP contribution >= 0.6 is 0 Å². The van der Waals surface area contributed by atoms with Crippen molar-refractivity contribution in [1.29, 1.82) is 0 Å². The molecular weight excluding hydrogens is 154 g/mol. The number of nitrogens with one attached hydrogen (secondary N) is 2. The largest absolute Gasteiger partial charge is 0.377 e. The third-order valence-electron chi connectivity index (χ3n) is 2.22. The first-order valence-electron chi connectivity index (χ1n) is 4.03. The molecule has 1 aliphatic rings. The fraction of sp³-hybridized carbons (Fsp3) is 0.625. The molecule has 0 aromatic rings. The Bertz CT molecular complexity index is 218. The summed E-state index contributed by atoms with van der Waals surface area (Å²) in [7, 11) is 0. The van der Waals surface area contributed by atoms with E-state index in [4.69, 9.17) is 5.84 Å². The van der Waals surface area contributed by atoms with Crippen molar-refractivity contribution < 1.29 is 4.79 Å². The van der Waals surface area contributed by atoms with Crippen molar-refractivity contribution in [2.24, 2.45) is 5.84 Å². The maximum absolute atomic E-state index is 11.1. The lowest BCUT2D eigenvalue weighted by Crippen LogP contribution is -2.35. The highest BCUT2D eigenvalue weighted by Gasteiger charge is 2.46. The third-order valence-corrected chi connectivity index (χ3v) is 2.22. The minimum atomic E-state index is -0.280. The van der Waals surface area contributed by atoms with E-state index in [0.29, 0.717) is 0 Å². The summed E-state index contributed by atoms with van der Waals surface area (Å²) >= 11 is 0. The predicted molar refractivity (Wildman–Crippen MR) is 46.9 cm³/mol. The lowest BCUT2D eigenvalue weighted by molar-refractivity contribution is -0.119. The first-order valence-corrected chi connectivity index (χ1v) is 4.03. The zero-order chi connectivity index (χ0) is 9.19. The van der Waals surface area contributed by atoms with Crippen LogP contribution in [0.15, 0.2) is 11.9 Å². The van der Waals surface area contributed by atoms with Gasteiger partial charge in [0.25, 0.3) is 0 Å². The zero-order valence-corrected chi connectivity index (χ0v) is 7.48. The smallest absolute Gasteiger partial charge is 0.155 e. The molecule has 4 nitrogen and oxygen atoms in total. The van der Waals surface area contributed by atoms with Crippen molar-refractivity contribution in [2.45, 2.75) is 32.2 Å². The lowest BCUT2D eigenvalue weighted by Gasteiger charge is -2.12. The average molecular weight is 169 g/mol. The van der Waals surface area contributed by atoms with Crippen LogP contribution in [0.4, 0.5) is 0 Å². The normalized spacial score (nSPS) is 20.1. The first-order chi connectivity index (χ1) is 5.60. The van der Waals surface area contributed by atoms with Gasteiger partial charge in [0.1, 0.15) is 0 Å². The fourth-order valence-electron chi connectivity index (χ4n) is 1.01. The van der Waals surface area contributed by atoms with Crippen LogP contribution in [0.25, 0.3) is 0 Å². The Morgan fingerprint density at radius 2 is 2.08 bits per heavy atom. The molecule has 1 aliphatic carbocycles. The van der Waals surface area contributed by atoms with Gasteiger partial charge in [-0.25, -0.2) is 0 Å². The second-order valence-electron chi connectivity index (χ2n) is 3.25. The van der Waals surface area contributed by atoms with Gasteiger partial charge in [-0.2, -0.15) is 0 Å². The monoisotopic (exact) mass is 169 g/mol. The van der Waals surface area contributed by atoms with Crippen molar-refractivity contribution in [3.63, 3.8) is 0 Å². The summed E-state index contributed by atoms with van der Waals surface area (Å²) in [5, 5.41) is 3.07. The molecule has 1 fully saturated rings. The summed E-state index contributed by atoms with van der Waals surface area (Å²) in [5.41, 5.74) is 3.03. The molecule has 0 atom stereocenters. The fourth-order valence-corrected chi connectivity index (χ4v) is 1.01. The molecule has 1 saturated carbocycles. The van der Waals surface area contributed by atoms with E-state index in [1.807, 2.05) is 6.92 Å². The Hall–Kier alpha value is -1.03. The molecule has 0 bridgehead atoms. The quantitative estimate of drug-likeness (QED) is 0.410. The third kappa shape index (κ3) is 1.76. The van der Waals surface area contributed by atoms with Gasteiger partial charge in [-0.3, -0.25) is 10.6 Å². The molecule has 12 heavy (non-hydrogen) atoms. The van der Waals surface area contributed by atoms with E-state index in [9.17, 15) is 4.79 Å². The highest BCUT2D eigenvalue weighted by molar-refractivity contribution is 5.89. The molecule has 4 N–H and O–H groups in total. The molecule has 0 aromatic heterocycles. The van der Waals surface area contributed by atoms with Crippen LogP contribution in [0.1, 0.15) is 26.7 Å². The number of ketones is 1. The maximum Gasteiger partial charge on any atom is 0.155 e. The lowest BCUT2D eigenvalue weighted by atomic mass is 10.2. The number of rotatable bonds is 4. The summed E-state index contributed by atoms with van der Waals surface area (Å²) in [6, 6.07) is 0. The summed E-state index contributed by atoms with van der Waals surface area (Å²) in [4.78, 5) is 11.1. The van der Waals surface area contributed by atoms with Crippen LogP contribution in [0, 0.1) is 0 Å². The molecule has 0 saturated heterocycles. The van der Waals surface area contributed by atoms with Crippen molar-refractivity contribution in [3.05, 3.63) is 11.9 Å². The molecule has 0 amide bonds. The summed E-state index contributed by atoms with van der Waals surface area (Å²) in [6.45, 7) is 3.45. The minimum Gasteiger partial charge on any atom is -0.377 e. The van der Waals surface area contributed by atoms with Gasteiger partial charge in [0.15, 0.2) is 5.78 Å². The van der Waals surface area contributed by atoms with E-state index in [1.54, 1.807) is 13.1 Å². The topological polar surface area (TPSA) is 67.2 Å². The van der Waals surface area contributed by atoms with Crippen LogP contribution in [-0.2, 0) is 4.79 Å². The number of nitrogens with two attached hydrogens (primary N) is 1. The number of hydrazine groups is 1. The van der Waals surface area contributed by atoms with Gasteiger partial charge < -0.3 is 10.7 Å². The highest BCUT2D eigenvalue weighted by Crippen LogP contribution is 2.36. The summed E-state index contributed by atoms with van der Waals surface area (Å²) < 4.78 is 0. The molecular formula is C8H15N3O. The van der Waals surface area contributed by atoms with E-state index in [2.05, 4.69) is 10.7 Å². The molecule has 0 unspecified atom stereocenters. The van der Waals surface area contributed by atoms with Crippen LogP contribution in [0.2, 0.25) is 0 Å². The molecule has 1 rings (SSSR count). The first kappa shape index (κ1) is 9.06. The standard InChI is InChI=1S/C8H15N3O/c1-6(11-9)5-10-8(3-4-8)7(2)12/h5,10-11H,3-4,9H2,1-2H3/b6-5-. The molecule has 68 valence electrons. The molecule has 0 heterocycles. The van der Waals surface area contributed by atoms with Gasteiger partial charge in [-0.15, -0.1) is 0 Å². The van der Waals surface area contributed by atoms with Gasteiger partial charge in [-0.05, 0) is 26.7 Å². The van der Waals surface area contributed by atoms with E-state index in [1.165, 1.54) is 0 Å². The predicted octanol–water partition coefficient (Wildman–Crippen LogP) is 0.0222. The number of hydrogen-bond donors (Lipinski definition) is 3. The number of Topliss-reactive ketones (excluding diaryl/α,β-unsaturated/α-hetero) is 1. The Balaban J connectivity index is 2.47. The second kappa shape index (κ2) is 3.15. The minimum absolute atomic E-state index is 0.198. The van der Waals surface area contributed by atoms with Crippen LogP contribution in [0.3, 0.4) is 0 Å². The number of carbonyl (C=O) groups excluding carboxylic acids is 1. The van der Waals surface area contributed by atoms with E-state index in [-0.39, 0.29) is 11.3 Å². The van der Waals surface area contributed by atoms with E-state index in [0.717, 1.165) is 18.5 Å². The van der Waals surface area contributed by atoms with Crippen molar-refractivity contribution in [1.82, 2.24) is 10.7 Å². The van der Waals surface area contributed by atoms with E-state index >= 15 is 0 Å². The second-order valence-corrected chi connectivity index (χ2v) is 3.25. The average Bonchev–Trinajstić information content (AvgIpc) is 2.81.